The van der Waals surface area contributed by atoms with Gasteiger partial charge in [0.25, 0.3) is 0 Å². The Kier molecular flexibility index (Phi) is 3.74. The van der Waals surface area contributed by atoms with Gasteiger partial charge in [-0.15, -0.1) is 0 Å². The van der Waals surface area contributed by atoms with E-state index in [4.69, 9.17) is 5.73 Å². The van der Waals surface area contributed by atoms with E-state index in [2.05, 4.69) is 12.6 Å². The number of aliphatic hydroxyl groups excluding tert-OH is 2. The van der Waals surface area contributed by atoms with E-state index < -0.39 is 18.0 Å². The average molecular weight is 217 g/mol. The zero-order valence-electron chi connectivity index (χ0n) is 7.39. The van der Waals surface area contributed by atoms with E-state index in [1.807, 2.05) is 0 Å². The summed E-state index contributed by atoms with van der Waals surface area (Å²) >= 11 is 3.80. The van der Waals surface area contributed by atoms with Crippen LogP contribution in [0, 0.1) is 5.82 Å². The Hall–Kier alpha value is -0.780. The van der Waals surface area contributed by atoms with Gasteiger partial charge in [-0.1, -0.05) is 6.07 Å². The SMILES string of the molecule is Nc1ccc(C(O)C(O)CS)c(F)c1. The molecule has 14 heavy (non-hydrogen) atoms. The fraction of sp³-hybridized carbons (Fsp3) is 0.333. The highest BCUT2D eigenvalue weighted by Gasteiger charge is 2.20. The number of rotatable bonds is 3. The molecule has 0 amide bonds. The molecule has 0 saturated carbocycles. The van der Waals surface area contributed by atoms with Crippen molar-refractivity contribution in [1.29, 1.82) is 0 Å². The zero-order chi connectivity index (χ0) is 10.7. The number of anilines is 1. The van der Waals surface area contributed by atoms with Gasteiger partial charge in [0, 0.05) is 17.0 Å². The summed E-state index contributed by atoms with van der Waals surface area (Å²) in [6.07, 6.45) is -2.36. The van der Waals surface area contributed by atoms with Crippen LogP contribution < -0.4 is 5.73 Å². The standard InChI is InChI=1S/C9H12FNO2S/c10-7-3-5(11)1-2-6(7)9(13)8(12)4-14/h1-3,8-9,12-14H,4,11H2. The molecular weight excluding hydrogens is 205 g/mol. The van der Waals surface area contributed by atoms with Gasteiger partial charge in [-0.25, -0.2) is 4.39 Å². The van der Waals surface area contributed by atoms with Crippen molar-refractivity contribution in [3.05, 3.63) is 29.6 Å². The lowest BCUT2D eigenvalue weighted by atomic mass is 10.0. The van der Waals surface area contributed by atoms with Crippen molar-refractivity contribution < 1.29 is 14.6 Å². The normalized spacial score (nSPS) is 15.1. The minimum Gasteiger partial charge on any atom is -0.399 e. The highest BCUT2D eigenvalue weighted by Crippen LogP contribution is 2.22. The third kappa shape index (κ3) is 2.37. The third-order valence-corrected chi connectivity index (χ3v) is 2.27. The van der Waals surface area contributed by atoms with E-state index in [1.165, 1.54) is 12.1 Å². The van der Waals surface area contributed by atoms with Crippen molar-refractivity contribution in [1.82, 2.24) is 0 Å². The van der Waals surface area contributed by atoms with Crippen LogP contribution in [0.15, 0.2) is 18.2 Å². The summed E-state index contributed by atoms with van der Waals surface area (Å²) in [5.74, 6) is -0.566. The molecule has 2 unspecified atom stereocenters. The summed E-state index contributed by atoms with van der Waals surface area (Å²) in [6.45, 7) is 0. The molecule has 2 atom stereocenters. The van der Waals surface area contributed by atoms with E-state index in [-0.39, 0.29) is 17.0 Å². The lowest BCUT2D eigenvalue weighted by Crippen LogP contribution is -2.20. The maximum atomic E-state index is 13.2. The van der Waals surface area contributed by atoms with Crippen LogP contribution in [0.2, 0.25) is 0 Å². The van der Waals surface area contributed by atoms with Crippen molar-refractivity contribution in [2.24, 2.45) is 0 Å². The van der Waals surface area contributed by atoms with Crippen LogP contribution in [0.4, 0.5) is 10.1 Å². The molecular formula is C9H12FNO2S. The molecule has 0 saturated heterocycles. The second kappa shape index (κ2) is 4.63. The maximum absolute atomic E-state index is 13.2. The van der Waals surface area contributed by atoms with Crippen LogP contribution in [-0.4, -0.2) is 22.1 Å². The molecule has 0 fully saturated rings. The molecule has 0 heterocycles. The number of hydrogen-bond donors (Lipinski definition) is 4. The Morgan fingerprint density at radius 1 is 1.43 bits per heavy atom. The van der Waals surface area contributed by atoms with E-state index in [0.29, 0.717) is 0 Å². The monoisotopic (exact) mass is 217 g/mol. The highest BCUT2D eigenvalue weighted by atomic mass is 32.1. The average Bonchev–Trinajstić information content (AvgIpc) is 2.15. The second-order valence-corrected chi connectivity index (χ2v) is 3.34. The molecule has 0 radical (unpaired) electrons. The lowest BCUT2D eigenvalue weighted by molar-refractivity contribution is 0.0315. The van der Waals surface area contributed by atoms with Crippen molar-refractivity contribution in [3.8, 4) is 0 Å². The van der Waals surface area contributed by atoms with Crippen molar-refractivity contribution >= 4 is 18.3 Å². The summed E-state index contributed by atoms with van der Waals surface area (Å²) in [5.41, 5.74) is 5.64. The van der Waals surface area contributed by atoms with E-state index in [9.17, 15) is 14.6 Å². The van der Waals surface area contributed by atoms with Crippen LogP contribution in [0.1, 0.15) is 11.7 Å². The molecule has 0 aliphatic carbocycles. The molecule has 3 nitrogen and oxygen atoms in total. The Balaban J connectivity index is 2.95. The third-order valence-electron chi connectivity index (χ3n) is 1.89. The van der Waals surface area contributed by atoms with Crippen LogP contribution >= 0.6 is 12.6 Å². The minimum atomic E-state index is -1.27. The lowest BCUT2D eigenvalue weighted by Gasteiger charge is -2.16. The predicted molar refractivity (Wildman–Crippen MR) is 55.6 cm³/mol. The first kappa shape index (κ1) is 11.3. The largest absolute Gasteiger partial charge is 0.399 e. The van der Waals surface area contributed by atoms with Crippen LogP contribution in [0.5, 0.6) is 0 Å². The van der Waals surface area contributed by atoms with Gasteiger partial charge in [-0.3, -0.25) is 0 Å². The van der Waals surface area contributed by atoms with E-state index in [1.54, 1.807) is 0 Å². The molecule has 0 bridgehead atoms. The number of thiol groups is 1. The molecule has 0 spiro atoms. The molecule has 4 N–H and O–H groups in total. The van der Waals surface area contributed by atoms with Gasteiger partial charge >= 0.3 is 0 Å². The molecule has 0 aromatic heterocycles. The molecule has 1 aromatic carbocycles. The highest BCUT2D eigenvalue weighted by molar-refractivity contribution is 7.80. The minimum absolute atomic E-state index is 0.0285. The van der Waals surface area contributed by atoms with E-state index in [0.717, 1.165) is 6.07 Å². The van der Waals surface area contributed by atoms with Gasteiger partial charge in [0.2, 0.25) is 0 Å². The zero-order valence-corrected chi connectivity index (χ0v) is 8.29. The van der Waals surface area contributed by atoms with Crippen LogP contribution in [-0.2, 0) is 0 Å². The molecule has 1 aromatic rings. The Morgan fingerprint density at radius 3 is 2.57 bits per heavy atom. The summed E-state index contributed by atoms with van der Waals surface area (Å²) in [5, 5.41) is 18.7. The van der Waals surface area contributed by atoms with Gasteiger partial charge in [0.05, 0.1) is 6.10 Å². The summed E-state index contributed by atoms with van der Waals surface area (Å²) in [6, 6.07) is 3.92. The first-order valence-electron chi connectivity index (χ1n) is 4.08. The molecule has 0 aliphatic rings. The topological polar surface area (TPSA) is 66.5 Å². The van der Waals surface area contributed by atoms with Gasteiger partial charge in [-0.2, -0.15) is 12.6 Å². The fourth-order valence-corrected chi connectivity index (χ4v) is 1.29. The van der Waals surface area contributed by atoms with Crippen molar-refractivity contribution in [3.63, 3.8) is 0 Å². The molecule has 5 heteroatoms. The fourth-order valence-electron chi connectivity index (χ4n) is 1.09. The van der Waals surface area contributed by atoms with Gasteiger partial charge in [0.1, 0.15) is 11.9 Å². The number of benzene rings is 1. The molecule has 78 valence electrons. The van der Waals surface area contributed by atoms with Crippen LogP contribution in [0.3, 0.4) is 0 Å². The van der Waals surface area contributed by atoms with Gasteiger partial charge < -0.3 is 15.9 Å². The molecule has 1 rings (SSSR count). The number of hydrogen-bond acceptors (Lipinski definition) is 4. The summed E-state index contributed by atoms with van der Waals surface area (Å²) in [7, 11) is 0. The molecule has 0 aliphatic heterocycles. The van der Waals surface area contributed by atoms with Gasteiger partial charge in [-0.05, 0) is 12.1 Å². The Morgan fingerprint density at radius 2 is 2.07 bits per heavy atom. The smallest absolute Gasteiger partial charge is 0.131 e. The van der Waals surface area contributed by atoms with E-state index >= 15 is 0 Å². The summed E-state index contributed by atoms with van der Waals surface area (Å²) in [4.78, 5) is 0. The number of nitrogens with two attached hydrogens (primary N) is 1. The number of halogens is 1. The number of nitrogen functional groups attached to an aromatic ring is 1. The first-order valence-corrected chi connectivity index (χ1v) is 4.71. The maximum Gasteiger partial charge on any atom is 0.131 e. The summed E-state index contributed by atoms with van der Waals surface area (Å²) < 4.78 is 13.2. The Bertz CT molecular complexity index is 322. The first-order chi connectivity index (χ1) is 6.56. The Labute approximate surface area is 86.8 Å². The van der Waals surface area contributed by atoms with Crippen molar-refractivity contribution in [2.45, 2.75) is 12.2 Å². The predicted octanol–water partition coefficient (Wildman–Crippen LogP) is 0.732. The quantitative estimate of drug-likeness (QED) is 0.446. The van der Waals surface area contributed by atoms with Crippen LogP contribution in [0.25, 0.3) is 0 Å². The number of aliphatic hydroxyl groups is 2. The van der Waals surface area contributed by atoms with Crippen molar-refractivity contribution in [2.75, 3.05) is 11.5 Å². The second-order valence-electron chi connectivity index (χ2n) is 2.98. The van der Waals surface area contributed by atoms with Gasteiger partial charge in [0.15, 0.2) is 0 Å².